The van der Waals surface area contributed by atoms with E-state index in [2.05, 4.69) is 32.6 Å². The highest BCUT2D eigenvalue weighted by atomic mass is 35.5. The van der Waals surface area contributed by atoms with Crippen molar-refractivity contribution in [3.05, 3.63) is 0 Å². The van der Waals surface area contributed by atoms with Gasteiger partial charge in [-0.15, -0.1) is 24.0 Å². The average molecular weight is 186 g/mol. The molecule has 0 aliphatic carbocycles. The lowest BCUT2D eigenvalue weighted by Crippen LogP contribution is -2.35. The zero-order chi connectivity index (χ0) is 7.44. The van der Waals surface area contributed by atoms with Crippen LogP contribution < -0.4 is 0 Å². The quantitative estimate of drug-likeness (QED) is 0.483. The van der Waals surface area contributed by atoms with Crippen LogP contribution in [-0.4, -0.2) is 23.0 Å². The van der Waals surface area contributed by atoms with Gasteiger partial charge in [-0.25, -0.2) is 0 Å². The SMILES string of the molecule is CC(C)N(CCl)C(C)C.Cl. The van der Waals surface area contributed by atoms with E-state index in [1.165, 1.54) is 0 Å². The van der Waals surface area contributed by atoms with Gasteiger partial charge < -0.3 is 0 Å². The van der Waals surface area contributed by atoms with Crippen molar-refractivity contribution in [1.29, 1.82) is 0 Å². The second kappa shape index (κ2) is 6.26. The Morgan fingerprint density at radius 1 is 1.10 bits per heavy atom. The molecule has 0 unspecified atom stereocenters. The number of hydrogen-bond donors (Lipinski definition) is 0. The van der Waals surface area contributed by atoms with Gasteiger partial charge in [0.1, 0.15) is 0 Å². The zero-order valence-electron chi connectivity index (χ0n) is 7.10. The Morgan fingerprint density at radius 3 is 1.40 bits per heavy atom. The van der Waals surface area contributed by atoms with E-state index >= 15 is 0 Å². The molecule has 0 aromatic rings. The maximum atomic E-state index is 5.68. The standard InChI is InChI=1S/C7H16ClN.ClH/c1-6(2)9(5-8)7(3)4;/h6-7H,5H2,1-4H3;1H. The van der Waals surface area contributed by atoms with E-state index in [-0.39, 0.29) is 12.4 Å². The molecule has 0 saturated heterocycles. The molecule has 0 aliphatic rings. The van der Waals surface area contributed by atoms with Crippen molar-refractivity contribution in [1.82, 2.24) is 4.90 Å². The molecular formula is C7H17Cl2N. The van der Waals surface area contributed by atoms with Crippen LogP contribution in [0.2, 0.25) is 0 Å². The minimum Gasteiger partial charge on any atom is -0.285 e. The minimum absolute atomic E-state index is 0. The number of rotatable bonds is 3. The Hall–Kier alpha value is 0.540. The van der Waals surface area contributed by atoms with Crippen LogP contribution in [-0.2, 0) is 0 Å². The zero-order valence-corrected chi connectivity index (χ0v) is 8.67. The Labute approximate surface area is 75.1 Å². The van der Waals surface area contributed by atoms with Crippen molar-refractivity contribution >= 4 is 24.0 Å². The average Bonchev–Trinajstić information content (AvgIpc) is 1.64. The maximum Gasteiger partial charge on any atom is 0.0742 e. The first-order chi connectivity index (χ1) is 4.09. The summed E-state index contributed by atoms with van der Waals surface area (Å²) in [7, 11) is 0. The highest BCUT2D eigenvalue weighted by Crippen LogP contribution is 2.04. The fourth-order valence-corrected chi connectivity index (χ4v) is 1.42. The van der Waals surface area contributed by atoms with Crippen LogP contribution in [0.4, 0.5) is 0 Å². The van der Waals surface area contributed by atoms with Crippen molar-refractivity contribution in [3.8, 4) is 0 Å². The summed E-state index contributed by atoms with van der Waals surface area (Å²) in [5, 5.41) is 0. The van der Waals surface area contributed by atoms with Crippen molar-refractivity contribution < 1.29 is 0 Å². The molecule has 0 rings (SSSR count). The summed E-state index contributed by atoms with van der Waals surface area (Å²) >= 11 is 5.68. The van der Waals surface area contributed by atoms with Crippen molar-refractivity contribution in [3.63, 3.8) is 0 Å². The van der Waals surface area contributed by atoms with Gasteiger partial charge in [-0.3, -0.25) is 4.90 Å². The molecule has 64 valence electrons. The summed E-state index contributed by atoms with van der Waals surface area (Å²) in [5.74, 6) is 0. The Kier molecular flexibility index (Phi) is 8.24. The van der Waals surface area contributed by atoms with E-state index < -0.39 is 0 Å². The molecule has 0 fully saturated rings. The van der Waals surface area contributed by atoms with Crippen molar-refractivity contribution in [2.24, 2.45) is 0 Å². The largest absolute Gasteiger partial charge is 0.285 e. The molecule has 0 saturated carbocycles. The summed E-state index contributed by atoms with van der Waals surface area (Å²) in [6, 6.07) is 1.75. The first-order valence-corrected chi connectivity index (χ1v) is 3.94. The van der Waals surface area contributed by atoms with Gasteiger partial charge in [0.25, 0.3) is 0 Å². The molecule has 0 spiro atoms. The van der Waals surface area contributed by atoms with Gasteiger partial charge in [0.05, 0.1) is 6.00 Å². The van der Waals surface area contributed by atoms with Crippen LogP contribution in [0, 0.1) is 0 Å². The van der Waals surface area contributed by atoms with E-state index in [9.17, 15) is 0 Å². The van der Waals surface area contributed by atoms with Gasteiger partial charge in [-0.05, 0) is 27.7 Å². The van der Waals surface area contributed by atoms with Gasteiger partial charge in [0, 0.05) is 12.1 Å². The summed E-state index contributed by atoms with van der Waals surface area (Å²) in [4.78, 5) is 2.22. The molecule has 0 heterocycles. The fourth-order valence-electron chi connectivity index (χ4n) is 0.872. The molecule has 0 bridgehead atoms. The molecule has 10 heavy (non-hydrogen) atoms. The van der Waals surface area contributed by atoms with Crippen molar-refractivity contribution in [2.75, 3.05) is 6.00 Å². The Bertz CT molecular complexity index is 66.0. The molecular weight excluding hydrogens is 169 g/mol. The minimum atomic E-state index is 0. The second-order valence-corrected chi connectivity index (χ2v) is 3.06. The van der Waals surface area contributed by atoms with E-state index in [1.54, 1.807) is 0 Å². The molecule has 0 radical (unpaired) electrons. The number of hydrogen-bond acceptors (Lipinski definition) is 1. The van der Waals surface area contributed by atoms with Crippen LogP contribution in [0.5, 0.6) is 0 Å². The summed E-state index contributed by atoms with van der Waals surface area (Å²) in [6.45, 7) is 8.62. The third kappa shape index (κ3) is 4.37. The molecule has 0 aromatic heterocycles. The predicted molar refractivity (Wildman–Crippen MR) is 50.1 cm³/mol. The highest BCUT2D eigenvalue weighted by molar-refractivity contribution is 6.17. The van der Waals surface area contributed by atoms with E-state index in [1.807, 2.05) is 0 Å². The van der Waals surface area contributed by atoms with E-state index in [0.717, 1.165) is 0 Å². The second-order valence-electron chi connectivity index (χ2n) is 2.82. The molecule has 1 nitrogen and oxygen atoms in total. The number of nitrogens with zero attached hydrogens (tertiary/aromatic N) is 1. The molecule has 3 heteroatoms. The van der Waals surface area contributed by atoms with Gasteiger partial charge in [0.15, 0.2) is 0 Å². The lowest BCUT2D eigenvalue weighted by molar-refractivity contribution is 0.208. The highest BCUT2D eigenvalue weighted by Gasteiger charge is 2.10. The fraction of sp³-hybridized carbons (Fsp3) is 1.00. The van der Waals surface area contributed by atoms with Crippen LogP contribution in [0.15, 0.2) is 0 Å². The topological polar surface area (TPSA) is 3.24 Å². The smallest absolute Gasteiger partial charge is 0.0742 e. The molecule has 0 atom stereocenters. The summed E-state index contributed by atoms with van der Waals surface area (Å²) in [6.07, 6.45) is 0. The normalized spacial score (nSPS) is 10.8. The van der Waals surface area contributed by atoms with Crippen molar-refractivity contribution in [2.45, 2.75) is 39.8 Å². The third-order valence-corrected chi connectivity index (χ3v) is 1.74. The monoisotopic (exact) mass is 185 g/mol. The van der Waals surface area contributed by atoms with Gasteiger partial charge in [-0.1, -0.05) is 0 Å². The third-order valence-electron chi connectivity index (χ3n) is 1.46. The number of halogens is 2. The summed E-state index contributed by atoms with van der Waals surface area (Å²) < 4.78 is 0. The first kappa shape index (κ1) is 13.2. The molecule has 0 aliphatic heterocycles. The van der Waals surface area contributed by atoms with Crippen LogP contribution in [0.25, 0.3) is 0 Å². The van der Waals surface area contributed by atoms with Crippen LogP contribution in [0.1, 0.15) is 27.7 Å². The van der Waals surface area contributed by atoms with E-state index in [0.29, 0.717) is 18.1 Å². The number of alkyl halides is 1. The lowest BCUT2D eigenvalue weighted by Gasteiger charge is -2.27. The van der Waals surface area contributed by atoms with Crippen LogP contribution >= 0.6 is 24.0 Å². The predicted octanol–water partition coefficient (Wildman–Crippen LogP) is 2.72. The van der Waals surface area contributed by atoms with Gasteiger partial charge in [-0.2, -0.15) is 0 Å². The molecule has 0 aromatic carbocycles. The Balaban J connectivity index is 0. The van der Waals surface area contributed by atoms with Crippen LogP contribution in [0.3, 0.4) is 0 Å². The van der Waals surface area contributed by atoms with Gasteiger partial charge in [0.2, 0.25) is 0 Å². The Morgan fingerprint density at radius 2 is 1.40 bits per heavy atom. The maximum absolute atomic E-state index is 5.68. The molecule has 0 amide bonds. The molecule has 0 N–H and O–H groups in total. The summed E-state index contributed by atoms with van der Waals surface area (Å²) in [5.41, 5.74) is 0. The van der Waals surface area contributed by atoms with Gasteiger partial charge >= 0.3 is 0 Å². The van der Waals surface area contributed by atoms with E-state index in [4.69, 9.17) is 11.6 Å². The first-order valence-electron chi connectivity index (χ1n) is 3.41. The lowest BCUT2D eigenvalue weighted by atomic mass is 10.2.